The first-order valence-corrected chi connectivity index (χ1v) is 45.8. The number of benzene rings is 3. The second kappa shape index (κ2) is 51.3. The van der Waals surface area contributed by atoms with Crippen LogP contribution in [0.3, 0.4) is 0 Å². The molecule has 16 amide bonds. The molecule has 0 saturated carbocycles. The largest absolute Gasteiger partial charge is 0.497 e. The Morgan fingerprint density at radius 1 is 0.504 bits per heavy atom. The topological polar surface area (TPSA) is 649 Å². The van der Waals surface area contributed by atoms with E-state index < -0.39 is 248 Å². The molecule has 0 radical (unpaired) electrons. The third kappa shape index (κ3) is 29.6. The van der Waals surface area contributed by atoms with Crippen LogP contribution in [0.25, 0.3) is 21.8 Å². The number of carbonyl (C=O) groups is 18. The molecule has 5 aromatic rings. The van der Waals surface area contributed by atoms with E-state index >= 15 is 33.6 Å². The highest BCUT2D eigenvalue weighted by molar-refractivity contribution is 8.00. The number of H-pyrrole nitrogens is 2. The minimum atomic E-state index is -2.05. The third-order valence-electron chi connectivity index (χ3n) is 23.9. The SMILES string of the molecule is CCCC[C@H]1C(=O)N(C)[C@@H](CCCC)C(=O)N[C@@H](CCCN)C(=O)N[C@H](C(=O)NCC(N)=O)CSCC(=O)N[C@@H](Cc2ccc(OC)cc2)C(=O)N(C)[C@@H](C)C(=O)N[C@@H](CC(=O)O)C(=O)N2CCC[C@H]2C(=O)N[C@@H](CN)C(=O)N[C@@H](CCCCN)C(=O)N2C[C@H](O)C[C@H]2C(=O)N[C@@H](Cc2c[nH]c3ccccc23)C(=O)NC(CC(=O)O)C(=O)N[C@@H](Cc2c[nH]c3ccccc23)C(=O)N1C. The lowest BCUT2D eigenvalue weighted by atomic mass is 9.99. The predicted molar refractivity (Wildman–Crippen MR) is 488 cm³/mol. The van der Waals surface area contributed by atoms with Crippen molar-refractivity contribution in [3.05, 3.63) is 102 Å². The molecule has 3 aromatic carbocycles. The number of unbranched alkanes of at least 4 members (excludes halogenated alkanes) is 3. The first-order valence-electron chi connectivity index (χ1n) is 44.7. The number of thioether (sulfide) groups is 1. The number of rotatable bonds is 28. The number of nitrogens with zero attached hydrogens (tertiary/aromatic N) is 5. The van der Waals surface area contributed by atoms with Crippen LogP contribution in [0, 0.1) is 0 Å². The number of hydrogen-bond acceptors (Lipinski definition) is 24. The molecule has 43 nitrogen and oxygen atoms in total. The Bertz CT molecular complexity index is 4960. The van der Waals surface area contributed by atoms with Gasteiger partial charge in [-0.2, -0.15) is 0 Å². The summed E-state index contributed by atoms with van der Waals surface area (Å²) in [6, 6.07) is -2.27. The second-order valence-electron chi connectivity index (χ2n) is 33.6. The zero-order valence-electron chi connectivity index (χ0n) is 75.9. The average molecular weight is 1880 g/mol. The van der Waals surface area contributed by atoms with Crippen molar-refractivity contribution in [1.29, 1.82) is 0 Å². The lowest BCUT2D eigenvalue weighted by molar-refractivity contribution is -0.149. The number of likely N-dealkylation sites (N-methyl/N-ethyl adjacent to an activating group) is 3. The van der Waals surface area contributed by atoms with Gasteiger partial charge >= 0.3 is 11.9 Å². The number of aromatic amines is 2. The number of aliphatic hydroxyl groups is 1. The van der Waals surface area contributed by atoms with Crippen LogP contribution in [0.2, 0.25) is 0 Å². The van der Waals surface area contributed by atoms with Crippen LogP contribution < -0.4 is 80.8 Å². The van der Waals surface area contributed by atoms with Crippen LogP contribution in [0.1, 0.15) is 140 Å². The van der Waals surface area contributed by atoms with Crippen molar-refractivity contribution in [3.8, 4) is 5.75 Å². The van der Waals surface area contributed by atoms with Crippen LogP contribution >= 0.6 is 11.8 Å². The zero-order chi connectivity index (χ0) is 97.4. The summed E-state index contributed by atoms with van der Waals surface area (Å²) in [6.45, 7) is 3.01. The van der Waals surface area contributed by atoms with E-state index in [2.05, 4.69) is 63.1 Å². The number of fused-ring (bicyclic) bond motifs is 4. The van der Waals surface area contributed by atoms with Crippen molar-refractivity contribution in [2.24, 2.45) is 22.9 Å². The molecule has 1 unspecified atom stereocenters. The number of aliphatic carboxylic acids is 2. The van der Waals surface area contributed by atoms with Crippen LogP contribution in [0.5, 0.6) is 5.75 Å². The smallest absolute Gasteiger partial charge is 0.305 e. The van der Waals surface area contributed by atoms with Crippen molar-refractivity contribution in [2.75, 3.05) is 79.0 Å². The molecule has 8 rings (SSSR count). The summed E-state index contributed by atoms with van der Waals surface area (Å²) in [7, 11) is 5.28. The number of carbonyl (C=O) groups excluding carboxylic acids is 16. The van der Waals surface area contributed by atoms with Crippen LogP contribution in [-0.2, 0) is 106 Å². The van der Waals surface area contributed by atoms with Gasteiger partial charge in [-0.15, -0.1) is 11.8 Å². The maximum absolute atomic E-state index is 15.8. The van der Waals surface area contributed by atoms with E-state index in [1.54, 1.807) is 85.2 Å². The Morgan fingerprint density at radius 3 is 1.61 bits per heavy atom. The molecule has 3 saturated heterocycles. The highest BCUT2D eigenvalue weighted by atomic mass is 32.2. The Kier molecular flexibility index (Phi) is 40.7. The number of primary amides is 1. The Morgan fingerprint density at radius 2 is 1.01 bits per heavy atom. The lowest BCUT2D eigenvalue weighted by Crippen LogP contribution is -2.61. The summed E-state index contributed by atoms with van der Waals surface area (Å²) in [4.78, 5) is 273. The lowest BCUT2D eigenvalue weighted by Gasteiger charge is -2.36. The fraction of sp³-hybridized carbons (Fsp3) is 0.551. The molecule has 23 N–H and O–H groups in total. The number of ether oxygens (including phenoxy) is 1. The van der Waals surface area contributed by atoms with Crippen molar-refractivity contribution in [1.82, 2.24) is 87.6 Å². The number of carboxylic acid groups (broad SMARTS) is 2. The molecule has 3 fully saturated rings. The maximum atomic E-state index is 15.8. The number of aliphatic hydroxyl groups excluding tert-OH is 1. The van der Waals surface area contributed by atoms with Gasteiger partial charge < -0.3 is 131 Å². The monoisotopic (exact) mass is 1870 g/mol. The highest BCUT2D eigenvalue weighted by Crippen LogP contribution is 2.28. The van der Waals surface area contributed by atoms with Crippen LogP contribution in [0.15, 0.2) is 85.2 Å². The van der Waals surface area contributed by atoms with E-state index in [0.717, 1.165) is 36.3 Å². The number of nitrogens with one attached hydrogen (secondary N) is 12. The fourth-order valence-corrected chi connectivity index (χ4v) is 17.2. The number of hydrogen-bond donors (Lipinski definition) is 19. The van der Waals surface area contributed by atoms with Crippen LogP contribution in [-0.4, -0.2) is 326 Å². The molecule has 2 aromatic heterocycles. The molecule has 726 valence electrons. The molecule has 15 atom stereocenters. The quantitative estimate of drug-likeness (QED) is 0.0222. The first kappa shape index (κ1) is 106. The third-order valence-corrected chi connectivity index (χ3v) is 25.0. The number of nitrogens with two attached hydrogens (primary N) is 4. The summed E-state index contributed by atoms with van der Waals surface area (Å²) in [5.41, 5.74) is 26.1. The van der Waals surface area contributed by atoms with Gasteiger partial charge in [0.1, 0.15) is 90.3 Å². The molecule has 0 spiro atoms. The number of amides is 16. The molecule has 0 bridgehead atoms. The molecule has 0 aliphatic carbocycles. The van der Waals surface area contributed by atoms with E-state index in [0.29, 0.717) is 76.3 Å². The fourth-order valence-electron chi connectivity index (χ4n) is 16.3. The van der Waals surface area contributed by atoms with Gasteiger partial charge in [0.05, 0.1) is 38.4 Å². The molecule has 5 heterocycles. The normalized spacial score (nSPS) is 24.9. The summed E-state index contributed by atoms with van der Waals surface area (Å²) < 4.78 is 5.33. The van der Waals surface area contributed by atoms with Gasteiger partial charge in [-0.05, 0) is 119 Å². The van der Waals surface area contributed by atoms with Gasteiger partial charge in [0.2, 0.25) is 94.5 Å². The highest BCUT2D eigenvalue weighted by Gasteiger charge is 2.47. The van der Waals surface area contributed by atoms with Gasteiger partial charge in [0.25, 0.3) is 0 Å². The number of carboxylic acids is 2. The van der Waals surface area contributed by atoms with Gasteiger partial charge in [0, 0.05) is 106 Å². The maximum Gasteiger partial charge on any atom is 0.305 e. The zero-order valence-corrected chi connectivity index (χ0v) is 76.7. The molecular formula is C89H127N21O22S. The minimum Gasteiger partial charge on any atom is -0.497 e. The van der Waals surface area contributed by atoms with Gasteiger partial charge in [0.15, 0.2) is 0 Å². The Balaban J connectivity index is 1.20. The second-order valence-corrected chi connectivity index (χ2v) is 34.6. The average Bonchev–Trinajstić information content (AvgIpc) is 1.64. The number of para-hydroxylation sites is 2. The molecule has 3 aliphatic heterocycles. The van der Waals surface area contributed by atoms with E-state index in [9.17, 15) is 68.1 Å². The Labute approximate surface area is 773 Å². The first-order chi connectivity index (χ1) is 63.4. The molecule has 3 aliphatic rings. The number of aromatic nitrogens is 2. The molecule has 44 heteroatoms. The van der Waals surface area contributed by atoms with E-state index in [1.807, 2.05) is 13.8 Å². The minimum absolute atomic E-state index is 0.0106. The molecular weight excluding hydrogens is 1750 g/mol. The van der Waals surface area contributed by atoms with Gasteiger partial charge in [-0.1, -0.05) is 88.1 Å². The van der Waals surface area contributed by atoms with E-state index in [-0.39, 0.29) is 90.3 Å². The van der Waals surface area contributed by atoms with E-state index in [1.165, 1.54) is 35.2 Å². The van der Waals surface area contributed by atoms with Crippen molar-refractivity contribution in [2.45, 2.75) is 233 Å². The van der Waals surface area contributed by atoms with Crippen LogP contribution in [0.4, 0.5) is 0 Å². The van der Waals surface area contributed by atoms with Crippen molar-refractivity contribution >= 4 is 140 Å². The molecule has 133 heavy (non-hydrogen) atoms. The Hall–Kier alpha value is -12.8. The summed E-state index contributed by atoms with van der Waals surface area (Å²) >= 11 is 0.776. The predicted octanol–water partition coefficient (Wildman–Crippen LogP) is -2.99. The standard InChI is InChI=1S/C89H127N21O22S/c1-8-10-26-68-82(124)98-59(25-18-34-91)78(120)105-67(77(119)96-45-72(93)112)47-133-48-73(113)97-63(36-50-29-31-54(132-7)32-30-50)85(127)106(4)49(3)76(118)102-65(41-75(116)117)88(130)109-35-19-28-69(109)83(125)104-66(42-92)81(123)99-60(24-16-17-33-90)87(129)110-46-53(111)39-71(110)84(126)101-61(37-51-43-94-57-22-14-12-20-55(51)57)79(121)100-62(40-74(114)115)80(122)103-64(38-52-44-95-58-23-15-13-21-56(52)58)86(128)108(6)70(27-11-9-2)89(131)107(68)5/h12-15,20-23,29-32,43-44,49,53,59-71,94-95,111H,8-11,16-19,24-28,33-42,45-48,90-92H2,1-7H3,(H2,93,112)(H,96,119)(H,97,113)(H,98,124)(H,99,123)(H,100,121)(H,101,126)(H,102,118)(H,103,122)(H,104,125)(H,105,120)(H,114,115)(H,116,117)/t49-,53+,59-,60-,61-,62?,63-,64-,65-,66-,67-,68-,69-,70-,71-/m0/s1. The summed E-state index contributed by atoms with van der Waals surface area (Å²) in [5.74, 6) is -19.3. The van der Waals surface area contributed by atoms with Gasteiger partial charge in [-0.3, -0.25) is 86.3 Å². The number of methoxy groups -OCH3 is 1. The van der Waals surface area contributed by atoms with E-state index in [4.69, 9.17) is 27.7 Å². The van der Waals surface area contributed by atoms with Crippen molar-refractivity contribution in [3.63, 3.8) is 0 Å². The van der Waals surface area contributed by atoms with Crippen molar-refractivity contribution < 1.29 is 106 Å². The summed E-state index contributed by atoms with van der Waals surface area (Å²) in [6.07, 6.45) is 0.117. The summed E-state index contributed by atoms with van der Waals surface area (Å²) in [5, 5.41) is 59.2. The van der Waals surface area contributed by atoms with Gasteiger partial charge in [-0.25, -0.2) is 0 Å².